The maximum Gasteiger partial charge on any atom is 0.331 e. The molecule has 0 saturated heterocycles. The first kappa shape index (κ1) is 11.5. The zero-order valence-electron chi connectivity index (χ0n) is 9.63. The molecule has 0 N–H and O–H groups in total. The number of benzene rings is 1. The number of rotatable bonds is 3. The monoisotopic (exact) mass is 230 g/mol. The molecule has 1 heterocycles. The Hall–Kier alpha value is -2.03. The molecule has 0 spiro atoms. The molecule has 1 aliphatic heterocycles. The van der Waals surface area contributed by atoms with Gasteiger partial charge in [0.15, 0.2) is 0 Å². The van der Waals surface area contributed by atoms with E-state index in [1.54, 1.807) is 7.11 Å². The number of carbonyl (C=O) groups is 1. The third-order valence-corrected chi connectivity index (χ3v) is 2.51. The molecule has 3 nitrogen and oxygen atoms in total. The predicted octanol–water partition coefficient (Wildman–Crippen LogP) is 2.58. The van der Waals surface area contributed by atoms with Crippen LogP contribution in [0.3, 0.4) is 0 Å². The fraction of sp³-hybridized carbons (Fsp3) is 0.214. The van der Waals surface area contributed by atoms with E-state index in [1.807, 2.05) is 42.5 Å². The summed E-state index contributed by atoms with van der Waals surface area (Å²) in [7, 11) is 1.64. The Morgan fingerprint density at radius 1 is 1.35 bits per heavy atom. The van der Waals surface area contributed by atoms with Crippen LogP contribution in [-0.4, -0.2) is 19.2 Å². The number of ether oxygens (including phenoxy) is 2. The van der Waals surface area contributed by atoms with Gasteiger partial charge in [0.1, 0.15) is 11.9 Å². The minimum Gasteiger partial charge on any atom is -0.497 e. The van der Waals surface area contributed by atoms with Crippen molar-refractivity contribution in [1.82, 2.24) is 0 Å². The second-order valence-electron chi connectivity index (χ2n) is 3.75. The van der Waals surface area contributed by atoms with Crippen LogP contribution in [0.15, 0.2) is 42.5 Å². The molecule has 0 aliphatic carbocycles. The Kier molecular flexibility index (Phi) is 3.60. The summed E-state index contributed by atoms with van der Waals surface area (Å²) < 4.78 is 10.2. The van der Waals surface area contributed by atoms with Gasteiger partial charge in [0, 0.05) is 12.5 Å². The van der Waals surface area contributed by atoms with E-state index in [2.05, 4.69) is 0 Å². The van der Waals surface area contributed by atoms with E-state index in [1.165, 1.54) is 6.08 Å². The van der Waals surface area contributed by atoms with Crippen molar-refractivity contribution in [2.75, 3.05) is 7.11 Å². The highest BCUT2D eigenvalue weighted by Crippen LogP contribution is 2.14. The van der Waals surface area contributed by atoms with Crippen LogP contribution in [0.4, 0.5) is 0 Å². The lowest BCUT2D eigenvalue weighted by molar-refractivity contribution is -0.141. The molecule has 0 saturated carbocycles. The van der Waals surface area contributed by atoms with Gasteiger partial charge in [-0.25, -0.2) is 4.79 Å². The predicted molar refractivity (Wildman–Crippen MR) is 65.7 cm³/mol. The molecular weight excluding hydrogens is 216 g/mol. The van der Waals surface area contributed by atoms with Gasteiger partial charge in [0.05, 0.1) is 7.11 Å². The van der Waals surface area contributed by atoms with Crippen LogP contribution in [0.2, 0.25) is 0 Å². The van der Waals surface area contributed by atoms with Crippen molar-refractivity contribution >= 4 is 12.0 Å². The summed E-state index contributed by atoms with van der Waals surface area (Å²) in [5.74, 6) is 0.551. The quantitative estimate of drug-likeness (QED) is 0.749. The number of methoxy groups -OCH3 is 1. The maximum absolute atomic E-state index is 11.0. The van der Waals surface area contributed by atoms with Crippen molar-refractivity contribution in [3.05, 3.63) is 48.1 Å². The average molecular weight is 230 g/mol. The topological polar surface area (TPSA) is 35.5 Å². The zero-order chi connectivity index (χ0) is 12.1. The first-order chi connectivity index (χ1) is 8.28. The molecule has 1 atom stereocenters. The summed E-state index contributed by atoms with van der Waals surface area (Å²) >= 11 is 0. The summed E-state index contributed by atoms with van der Waals surface area (Å²) in [6.07, 6.45) is 7.69. The zero-order valence-corrected chi connectivity index (χ0v) is 9.63. The Morgan fingerprint density at radius 3 is 2.76 bits per heavy atom. The molecule has 0 aromatic heterocycles. The van der Waals surface area contributed by atoms with Gasteiger partial charge in [0.2, 0.25) is 0 Å². The molecule has 1 aliphatic rings. The molecule has 0 fully saturated rings. The first-order valence-corrected chi connectivity index (χ1v) is 5.47. The highest BCUT2D eigenvalue weighted by Gasteiger charge is 2.11. The molecule has 1 aromatic rings. The molecular formula is C14H14O3. The third kappa shape index (κ3) is 3.21. The van der Waals surface area contributed by atoms with Crippen molar-refractivity contribution in [2.45, 2.75) is 12.5 Å². The standard InChI is InChI=1S/C14H14O3/c1-16-12-8-5-11(6-9-12)7-10-13-3-2-4-14(15)17-13/h2,4-10,13H,3H2,1H3/b10-7+. The fourth-order valence-electron chi connectivity index (χ4n) is 1.59. The minimum atomic E-state index is -0.277. The van der Waals surface area contributed by atoms with Crippen LogP contribution < -0.4 is 4.74 Å². The van der Waals surface area contributed by atoms with Gasteiger partial charge in [-0.05, 0) is 23.8 Å². The van der Waals surface area contributed by atoms with E-state index in [0.717, 1.165) is 17.7 Å². The molecule has 1 unspecified atom stereocenters. The smallest absolute Gasteiger partial charge is 0.331 e. The summed E-state index contributed by atoms with van der Waals surface area (Å²) in [6, 6.07) is 7.70. The Bertz CT molecular complexity index is 443. The van der Waals surface area contributed by atoms with Crippen LogP contribution in [0.25, 0.3) is 6.08 Å². The lowest BCUT2D eigenvalue weighted by Crippen LogP contribution is -2.17. The molecule has 0 amide bonds. The summed E-state index contributed by atoms with van der Waals surface area (Å²) in [4.78, 5) is 11.0. The molecule has 17 heavy (non-hydrogen) atoms. The van der Waals surface area contributed by atoms with E-state index in [-0.39, 0.29) is 12.1 Å². The van der Waals surface area contributed by atoms with Crippen LogP contribution in [0.1, 0.15) is 12.0 Å². The summed E-state index contributed by atoms with van der Waals surface area (Å²) in [5, 5.41) is 0. The van der Waals surface area contributed by atoms with E-state index < -0.39 is 0 Å². The Labute approximate surface area is 100 Å². The van der Waals surface area contributed by atoms with Crippen LogP contribution in [0.5, 0.6) is 5.75 Å². The second kappa shape index (κ2) is 5.34. The lowest BCUT2D eigenvalue weighted by Gasteiger charge is -2.14. The second-order valence-corrected chi connectivity index (χ2v) is 3.75. The third-order valence-electron chi connectivity index (χ3n) is 2.51. The van der Waals surface area contributed by atoms with E-state index in [0.29, 0.717) is 0 Å². The first-order valence-electron chi connectivity index (χ1n) is 5.47. The largest absolute Gasteiger partial charge is 0.497 e. The number of cyclic esters (lactones) is 1. The molecule has 0 radical (unpaired) electrons. The van der Waals surface area contributed by atoms with Crippen LogP contribution >= 0.6 is 0 Å². The lowest BCUT2D eigenvalue weighted by atomic mass is 10.1. The van der Waals surface area contributed by atoms with Crippen molar-refractivity contribution in [2.24, 2.45) is 0 Å². The maximum atomic E-state index is 11.0. The molecule has 0 bridgehead atoms. The van der Waals surface area contributed by atoms with Gasteiger partial charge in [-0.1, -0.05) is 24.3 Å². The van der Waals surface area contributed by atoms with E-state index >= 15 is 0 Å². The highest BCUT2D eigenvalue weighted by atomic mass is 16.5. The fourth-order valence-corrected chi connectivity index (χ4v) is 1.59. The van der Waals surface area contributed by atoms with Gasteiger partial charge < -0.3 is 9.47 Å². The molecule has 2 rings (SSSR count). The van der Waals surface area contributed by atoms with Crippen molar-refractivity contribution in [3.8, 4) is 5.75 Å². The van der Waals surface area contributed by atoms with Crippen molar-refractivity contribution in [1.29, 1.82) is 0 Å². The summed E-state index contributed by atoms with van der Waals surface area (Å²) in [6.45, 7) is 0. The SMILES string of the molecule is COc1ccc(/C=C/C2CC=CC(=O)O2)cc1. The minimum absolute atomic E-state index is 0.158. The van der Waals surface area contributed by atoms with Gasteiger partial charge in [-0.15, -0.1) is 0 Å². The highest BCUT2D eigenvalue weighted by molar-refractivity contribution is 5.83. The summed E-state index contributed by atoms with van der Waals surface area (Å²) in [5.41, 5.74) is 1.05. The number of hydrogen-bond donors (Lipinski definition) is 0. The van der Waals surface area contributed by atoms with Gasteiger partial charge >= 0.3 is 5.97 Å². The average Bonchev–Trinajstić information content (AvgIpc) is 2.37. The van der Waals surface area contributed by atoms with Gasteiger partial charge in [-0.3, -0.25) is 0 Å². The van der Waals surface area contributed by atoms with Gasteiger partial charge in [0.25, 0.3) is 0 Å². The number of hydrogen-bond acceptors (Lipinski definition) is 3. The Balaban J connectivity index is 1.99. The van der Waals surface area contributed by atoms with Crippen LogP contribution in [0, 0.1) is 0 Å². The molecule has 88 valence electrons. The van der Waals surface area contributed by atoms with Crippen LogP contribution in [-0.2, 0) is 9.53 Å². The van der Waals surface area contributed by atoms with E-state index in [9.17, 15) is 4.79 Å². The van der Waals surface area contributed by atoms with E-state index in [4.69, 9.17) is 9.47 Å². The normalized spacial score (nSPS) is 19.4. The Morgan fingerprint density at radius 2 is 2.12 bits per heavy atom. The van der Waals surface area contributed by atoms with Crippen molar-refractivity contribution in [3.63, 3.8) is 0 Å². The van der Waals surface area contributed by atoms with Crippen molar-refractivity contribution < 1.29 is 14.3 Å². The number of carbonyl (C=O) groups excluding carboxylic acids is 1. The number of esters is 1. The molecule has 3 heteroatoms. The molecule has 1 aromatic carbocycles. The van der Waals surface area contributed by atoms with Gasteiger partial charge in [-0.2, -0.15) is 0 Å².